The number of rotatable bonds is 2. The van der Waals surface area contributed by atoms with Crippen LogP contribution in [0.3, 0.4) is 0 Å². The van der Waals surface area contributed by atoms with E-state index in [1.807, 2.05) is 25.1 Å². The molecule has 0 spiro atoms. The Kier molecular flexibility index (Phi) is 2.94. The lowest BCUT2D eigenvalue weighted by molar-refractivity contribution is -0.122. The molecule has 2 aromatic rings. The molecule has 2 amide bonds. The summed E-state index contributed by atoms with van der Waals surface area (Å²) >= 11 is 1.59. The molecule has 2 N–H and O–H groups in total. The van der Waals surface area contributed by atoms with Crippen LogP contribution in [-0.2, 0) is 9.59 Å². The Morgan fingerprint density at radius 3 is 3.11 bits per heavy atom. The van der Waals surface area contributed by atoms with Crippen molar-refractivity contribution in [3.63, 3.8) is 0 Å². The SMILES string of the molecule is Cc1nc2ccc(NC(=O)C3CCC(=O)N3)cc2s1. The third-order valence-corrected chi connectivity index (χ3v) is 4.01. The second-order valence-electron chi connectivity index (χ2n) is 4.56. The molecule has 1 aliphatic rings. The van der Waals surface area contributed by atoms with Gasteiger partial charge in [-0.05, 0) is 31.5 Å². The van der Waals surface area contributed by atoms with Crippen molar-refractivity contribution in [1.29, 1.82) is 0 Å². The molecular formula is C13H13N3O2S. The number of nitrogens with one attached hydrogen (secondary N) is 2. The van der Waals surface area contributed by atoms with E-state index in [0.717, 1.165) is 20.9 Å². The van der Waals surface area contributed by atoms with Gasteiger partial charge in [0.05, 0.1) is 15.2 Å². The highest BCUT2D eigenvalue weighted by atomic mass is 32.1. The predicted octanol–water partition coefficient (Wildman–Crippen LogP) is 1.82. The van der Waals surface area contributed by atoms with Crippen molar-refractivity contribution in [2.75, 3.05) is 5.32 Å². The maximum absolute atomic E-state index is 12.0. The first kappa shape index (κ1) is 12.1. The maximum Gasteiger partial charge on any atom is 0.246 e. The average molecular weight is 275 g/mol. The van der Waals surface area contributed by atoms with Gasteiger partial charge in [0.15, 0.2) is 0 Å². The van der Waals surface area contributed by atoms with E-state index in [2.05, 4.69) is 15.6 Å². The van der Waals surface area contributed by atoms with Crippen LogP contribution < -0.4 is 10.6 Å². The summed E-state index contributed by atoms with van der Waals surface area (Å²) in [4.78, 5) is 27.4. The van der Waals surface area contributed by atoms with Crippen molar-refractivity contribution >= 4 is 39.1 Å². The van der Waals surface area contributed by atoms with Crippen LogP contribution in [0.4, 0.5) is 5.69 Å². The number of aryl methyl sites for hydroxylation is 1. The molecular weight excluding hydrogens is 262 g/mol. The van der Waals surface area contributed by atoms with E-state index in [1.54, 1.807) is 11.3 Å². The lowest BCUT2D eigenvalue weighted by atomic mass is 10.2. The number of thiazole rings is 1. The third-order valence-electron chi connectivity index (χ3n) is 3.07. The highest BCUT2D eigenvalue weighted by Crippen LogP contribution is 2.25. The van der Waals surface area contributed by atoms with Crippen molar-refractivity contribution in [1.82, 2.24) is 10.3 Å². The fourth-order valence-electron chi connectivity index (χ4n) is 2.16. The quantitative estimate of drug-likeness (QED) is 0.878. The molecule has 1 aromatic heterocycles. The van der Waals surface area contributed by atoms with Crippen LogP contribution in [0.15, 0.2) is 18.2 Å². The highest BCUT2D eigenvalue weighted by molar-refractivity contribution is 7.18. The maximum atomic E-state index is 12.0. The van der Waals surface area contributed by atoms with Gasteiger partial charge in [-0.15, -0.1) is 11.3 Å². The van der Waals surface area contributed by atoms with Crippen molar-refractivity contribution in [3.05, 3.63) is 23.2 Å². The van der Waals surface area contributed by atoms with Gasteiger partial charge in [-0.25, -0.2) is 4.98 Å². The molecule has 5 nitrogen and oxygen atoms in total. The van der Waals surface area contributed by atoms with Gasteiger partial charge in [0.25, 0.3) is 0 Å². The van der Waals surface area contributed by atoms with Crippen LogP contribution in [0, 0.1) is 6.92 Å². The molecule has 3 rings (SSSR count). The molecule has 1 aromatic carbocycles. The topological polar surface area (TPSA) is 71.1 Å². The smallest absolute Gasteiger partial charge is 0.246 e. The first-order chi connectivity index (χ1) is 9.11. The number of hydrogen-bond acceptors (Lipinski definition) is 4. The second kappa shape index (κ2) is 4.62. The number of aromatic nitrogens is 1. The lowest BCUT2D eigenvalue weighted by Gasteiger charge is -2.10. The number of carbonyl (C=O) groups excluding carboxylic acids is 2. The van der Waals surface area contributed by atoms with Crippen molar-refractivity contribution < 1.29 is 9.59 Å². The summed E-state index contributed by atoms with van der Waals surface area (Å²) in [7, 11) is 0. The molecule has 19 heavy (non-hydrogen) atoms. The summed E-state index contributed by atoms with van der Waals surface area (Å²) in [5.74, 6) is -0.222. The minimum Gasteiger partial charge on any atom is -0.344 e. The first-order valence-electron chi connectivity index (χ1n) is 6.09. The van der Waals surface area contributed by atoms with E-state index in [0.29, 0.717) is 12.8 Å². The number of fused-ring (bicyclic) bond motifs is 1. The monoisotopic (exact) mass is 275 g/mol. The normalized spacial score (nSPS) is 18.6. The van der Waals surface area contributed by atoms with Gasteiger partial charge in [-0.2, -0.15) is 0 Å². The summed E-state index contributed by atoms with van der Waals surface area (Å²) in [6.45, 7) is 1.96. The molecule has 0 aliphatic carbocycles. The van der Waals surface area contributed by atoms with Crippen LogP contribution in [0.25, 0.3) is 10.2 Å². The lowest BCUT2D eigenvalue weighted by Crippen LogP contribution is -2.37. The molecule has 0 radical (unpaired) electrons. The zero-order chi connectivity index (χ0) is 13.4. The average Bonchev–Trinajstić information content (AvgIpc) is 2.93. The van der Waals surface area contributed by atoms with Crippen LogP contribution in [0.2, 0.25) is 0 Å². The highest BCUT2D eigenvalue weighted by Gasteiger charge is 2.27. The van der Waals surface area contributed by atoms with E-state index in [9.17, 15) is 9.59 Å². The minimum atomic E-state index is -0.411. The Morgan fingerprint density at radius 1 is 1.53 bits per heavy atom. The van der Waals surface area contributed by atoms with Crippen molar-refractivity contribution in [2.24, 2.45) is 0 Å². The van der Waals surface area contributed by atoms with Crippen LogP contribution in [0.1, 0.15) is 17.8 Å². The van der Waals surface area contributed by atoms with E-state index < -0.39 is 6.04 Å². The zero-order valence-electron chi connectivity index (χ0n) is 10.4. The molecule has 0 bridgehead atoms. The fraction of sp³-hybridized carbons (Fsp3) is 0.308. The number of nitrogens with zero attached hydrogens (tertiary/aromatic N) is 1. The minimum absolute atomic E-state index is 0.0614. The van der Waals surface area contributed by atoms with Crippen LogP contribution in [-0.4, -0.2) is 22.8 Å². The van der Waals surface area contributed by atoms with Gasteiger partial charge in [0, 0.05) is 12.1 Å². The number of hydrogen-bond donors (Lipinski definition) is 2. The summed E-state index contributed by atoms with van der Waals surface area (Å²) < 4.78 is 1.05. The summed E-state index contributed by atoms with van der Waals surface area (Å²) in [5.41, 5.74) is 1.68. The van der Waals surface area contributed by atoms with Gasteiger partial charge < -0.3 is 10.6 Å². The van der Waals surface area contributed by atoms with Gasteiger partial charge in [-0.3, -0.25) is 9.59 Å². The van der Waals surface area contributed by atoms with Gasteiger partial charge in [0.2, 0.25) is 11.8 Å². The molecule has 0 saturated carbocycles. The third kappa shape index (κ3) is 2.44. The van der Waals surface area contributed by atoms with Crippen LogP contribution >= 0.6 is 11.3 Å². The summed E-state index contributed by atoms with van der Waals surface area (Å²) in [6.07, 6.45) is 0.984. The molecule has 98 valence electrons. The zero-order valence-corrected chi connectivity index (χ0v) is 11.2. The Bertz CT molecular complexity index is 665. The number of anilines is 1. The number of benzene rings is 1. The van der Waals surface area contributed by atoms with Gasteiger partial charge >= 0.3 is 0 Å². The number of amides is 2. The first-order valence-corrected chi connectivity index (χ1v) is 6.91. The molecule has 1 fully saturated rings. The molecule has 1 atom stereocenters. The van der Waals surface area contributed by atoms with E-state index in [-0.39, 0.29) is 11.8 Å². The molecule has 1 unspecified atom stereocenters. The Morgan fingerprint density at radius 2 is 2.37 bits per heavy atom. The Hall–Kier alpha value is -1.95. The standard InChI is InChI=1S/C13H13N3O2S/c1-7-14-9-3-2-8(6-11(9)19-7)15-13(18)10-4-5-12(17)16-10/h2-3,6,10H,4-5H2,1H3,(H,15,18)(H,16,17). The molecule has 2 heterocycles. The van der Waals surface area contributed by atoms with Gasteiger partial charge in [-0.1, -0.05) is 0 Å². The Labute approximate surface area is 114 Å². The largest absolute Gasteiger partial charge is 0.344 e. The second-order valence-corrected chi connectivity index (χ2v) is 5.80. The van der Waals surface area contributed by atoms with Gasteiger partial charge in [0.1, 0.15) is 6.04 Å². The molecule has 1 aliphatic heterocycles. The van der Waals surface area contributed by atoms with E-state index >= 15 is 0 Å². The predicted molar refractivity (Wildman–Crippen MR) is 74.2 cm³/mol. The van der Waals surface area contributed by atoms with E-state index in [1.165, 1.54) is 0 Å². The van der Waals surface area contributed by atoms with Crippen molar-refractivity contribution in [3.8, 4) is 0 Å². The Balaban J connectivity index is 1.77. The summed E-state index contributed by atoms with van der Waals surface area (Å²) in [6, 6.07) is 5.22. The fourth-order valence-corrected chi connectivity index (χ4v) is 3.02. The van der Waals surface area contributed by atoms with E-state index in [4.69, 9.17) is 0 Å². The van der Waals surface area contributed by atoms with Crippen LogP contribution in [0.5, 0.6) is 0 Å². The molecule has 6 heteroatoms. The summed E-state index contributed by atoms with van der Waals surface area (Å²) in [5, 5.41) is 6.49. The van der Waals surface area contributed by atoms with Crippen molar-refractivity contribution in [2.45, 2.75) is 25.8 Å². The number of carbonyl (C=O) groups is 2. The molecule has 1 saturated heterocycles.